The Morgan fingerprint density at radius 3 is 2.82 bits per heavy atom. The Hall–Kier alpha value is -1.52. The van der Waals surface area contributed by atoms with Crippen molar-refractivity contribution in [2.24, 2.45) is 5.92 Å². The van der Waals surface area contributed by atoms with Crippen LogP contribution in [-0.4, -0.2) is 22.2 Å². The molecular formula is C12H22N4O. The molecule has 0 radical (unpaired) electrons. The number of aryl methyl sites for hydroxylation is 1. The van der Waals surface area contributed by atoms with E-state index in [0.29, 0.717) is 30.4 Å². The van der Waals surface area contributed by atoms with Crippen molar-refractivity contribution in [2.45, 2.75) is 40.2 Å². The molecule has 96 valence electrons. The van der Waals surface area contributed by atoms with E-state index in [2.05, 4.69) is 24.3 Å². The lowest BCUT2D eigenvalue weighted by Crippen LogP contribution is -2.26. The fourth-order valence-corrected chi connectivity index (χ4v) is 1.57. The molecule has 5 nitrogen and oxygen atoms in total. The van der Waals surface area contributed by atoms with E-state index in [9.17, 15) is 4.79 Å². The van der Waals surface area contributed by atoms with Crippen molar-refractivity contribution in [1.82, 2.24) is 15.1 Å². The van der Waals surface area contributed by atoms with E-state index >= 15 is 0 Å². The highest BCUT2D eigenvalue weighted by Gasteiger charge is 2.13. The summed E-state index contributed by atoms with van der Waals surface area (Å²) in [7, 11) is 0. The quantitative estimate of drug-likeness (QED) is 0.740. The molecule has 3 N–H and O–H groups in total. The molecule has 0 aliphatic rings. The molecule has 5 heteroatoms. The average Bonchev–Trinajstić information content (AvgIpc) is 2.65. The zero-order valence-corrected chi connectivity index (χ0v) is 10.9. The van der Waals surface area contributed by atoms with Crippen LogP contribution in [0.25, 0.3) is 0 Å². The number of hydrogen-bond acceptors (Lipinski definition) is 3. The van der Waals surface area contributed by atoms with Gasteiger partial charge >= 0.3 is 0 Å². The first-order chi connectivity index (χ1) is 8.04. The standard InChI is InChI=1S/C12H22N4O/c1-4-16-8-10(13)11(15-16)12(17)14-7-5-6-9(2)3/h8-9H,4-7,13H2,1-3H3,(H,14,17). The Morgan fingerprint density at radius 2 is 2.29 bits per heavy atom. The molecule has 0 bridgehead atoms. The maximum Gasteiger partial charge on any atom is 0.273 e. The molecule has 0 unspecified atom stereocenters. The van der Waals surface area contributed by atoms with Crippen LogP contribution in [0, 0.1) is 5.92 Å². The minimum Gasteiger partial charge on any atom is -0.396 e. The van der Waals surface area contributed by atoms with Crippen molar-refractivity contribution in [3.8, 4) is 0 Å². The highest BCUT2D eigenvalue weighted by atomic mass is 16.1. The molecule has 1 aromatic heterocycles. The molecule has 1 amide bonds. The van der Waals surface area contributed by atoms with Crippen molar-refractivity contribution in [2.75, 3.05) is 12.3 Å². The number of amides is 1. The molecule has 0 saturated heterocycles. The molecule has 0 atom stereocenters. The number of carbonyl (C=O) groups is 1. The van der Waals surface area contributed by atoms with E-state index in [0.717, 1.165) is 12.8 Å². The predicted molar refractivity (Wildman–Crippen MR) is 68.7 cm³/mol. The largest absolute Gasteiger partial charge is 0.396 e. The van der Waals surface area contributed by atoms with Gasteiger partial charge in [-0.25, -0.2) is 0 Å². The number of nitrogens with zero attached hydrogens (tertiary/aromatic N) is 2. The Balaban J connectivity index is 2.44. The number of hydrogen-bond donors (Lipinski definition) is 2. The van der Waals surface area contributed by atoms with Crippen LogP contribution in [0.2, 0.25) is 0 Å². The van der Waals surface area contributed by atoms with Gasteiger partial charge < -0.3 is 11.1 Å². The van der Waals surface area contributed by atoms with Crippen molar-refractivity contribution < 1.29 is 4.79 Å². The number of anilines is 1. The van der Waals surface area contributed by atoms with Gasteiger partial charge in [0.25, 0.3) is 5.91 Å². The number of nitrogens with one attached hydrogen (secondary N) is 1. The second-order valence-electron chi connectivity index (χ2n) is 4.58. The van der Waals surface area contributed by atoms with Gasteiger partial charge in [0.1, 0.15) is 0 Å². The van der Waals surface area contributed by atoms with Gasteiger partial charge in [-0.15, -0.1) is 0 Å². The highest BCUT2D eigenvalue weighted by Crippen LogP contribution is 2.09. The maximum atomic E-state index is 11.8. The molecule has 17 heavy (non-hydrogen) atoms. The second kappa shape index (κ2) is 6.27. The van der Waals surface area contributed by atoms with E-state index in [1.807, 2.05) is 6.92 Å². The summed E-state index contributed by atoms with van der Waals surface area (Å²) in [6.45, 7) is 7.68. The van der Waals surface area contributed by atoms with Gasteiger partial charge in [0.05, 0.1) is 5.69 Å². The smallest absolute Gasteiger partial charge is 0.273 e. The molecule has 0 aliphatic carbocycles. The third kappa shape index (κ3) is 4.09. The van der Waals surface area contributed by atoms with Crippen LogP contribution in [0.5, 0.6) is 0 Å². The van der Waals surface area contributed by atoms with Crippen LogP contribution in [0.15, 0.2) is 6.20 Å². The minimum absolute atomic E-state index is 0.182. The minimum atomic E-state index is -0.182. The molecule has 1 heterocycles. The lowest BCUT2D eigenvalue weighted by atomic mass is 10.1. The zero-order chi connectivity index (χ0) is 12.8. The lowest BCUT2D eigenvalue weighted by molar-refractivity contribution is 0.0947. The van der Waals surface area contributed by atoms with Gasteiger partial charge in [-0.05, 0) is 25.7 Å². The van der Waals surface area contributed by atoms with Gasteiger partial charge in [-0.3, -0.25) is 9.48 Å². The van der Waals surface area contributed by atoms with Crippen molar-refractivity contribution in [3.05, 3.63) is 11.9 Å². The number of carbonyl (C=O) groups excluding carboxylic acids is 1. The van der Waals surface area contributed by atoms with Crippen LogP contribution < -0.4 is 11.1 Å². The molecule has 0 aliphatic heterocycles. The van der Waals surface area contributed by atoms with E-state index in [4.69, 9.17) is 5.73 Å². The predicted octanol–water partition coefficient (Wildman–Crippen LogP) is 1.65. The maximum absolute atomic E-state index is 11.8. The lowest BCUT2D eigenvalue weighted by Gasteiger charge is -2.05. The van der Waals surface area contributed by atoms with Crippen LogP contribution >= 0.6 is 0 Å². The fourth-order valence-electron chi connectivity index (χ4n) is 1.57. The van der Waals surface area contributed by atoms with Gasteiger partial charge in [0.2, 0.25) is 0 Å². The van der Waals surface area contributed by atoms with Gasteiger partial charge in [0, 0.05) is 19.3 Å². The highest BCUT2D eigenvalue weighted by molar-refractivity contribution is 5.96. The second-order valence-corrected chi connectivity index (χ2v) is 4.58. The first-order valence-corrected chi connectivity index (χ1v) is 6.15. The Kier molecular flexibility index (Phi) is 5.00. The molecule has 0 spiro atoms. The van der Waals surface area contributed by atoms with Gasteiger partial charge in [0.15, 0.2) is 5.69 Å². The molecule has 0 saturated carbocycles. The molecule has 1 rings (SSSR count). The van der Waals surface area contributed by atoms with Crippen molar-refractivity contribution in [3.63, 3.8) is 0 Å². The summed E-state index contributed by atoms with van der Waals surface area (Å²) in [5, 5.41) is 6.96. The first kappa shape index (κ1) is 13.5. The fraction of sp³-hybridized carbons (Fsp3) is 0.667. The Bertz CT molecular complexity index is 371. The normalized spacial score (nSPS) is 10.8. The summed E-state index contributed by atoms with van der Waals surface area (Å²) < 4.78 is 1.67. The number of nitrogen functional groups attached to an aromatic ring is 1. The Labute approximate surface area is 102 Å². The number of rotatable bonds is 6. The van der Waals surface area contributed by atoms with Gasteiger partial charge in [-0.2, -0.15) is 5.10 Å². The summed E-state index contributed by atoms with van der Waals surface area (Å²) >= 11 is 0. The van der Waals surface area contributed by atoms with Gasteiger partial charge in [-0.1, -0.05) is 13.8 Å². The van der Waals surface area contributed by atoms with E-state index < -0.39 is 0 Å². The molecular weight excluding hydrogens is 216 g/mol. The topological polar surface area (TPSA) is 72.9 Å². The van der Waals surface area contributed by atoms with Crippen molar-refractivity contribution >= 4 is 11.6 Å². The SMILES string of the molecule is CCn1cc(N)c(C(=O)NCCCC(C)C)n1. The van der Waals surface area contributed by atoms with Crippen molar-refractivity contribution in [1.29, 1.82) is 0 Å². The number of nitrogens with two attached hydrogens (primary N) is 1. The zero-order valence-electron chi connectivity index (χ0n) is 10.9. The van der Waals surface area contributed by atoms with Crippen LogP contribution in [-0.2, 0) is 6.54 Å². The summed E-state index contributed by atoms with van der Waals surface area (Å²) in [5.41, 5.74) is 6.49. The average molecular weight is 238 g/mol. The molecule has 1 aromatic rings. The molecule has 0 fully saturated rings. The monoisotopic (exact) mass is 238 g/mol. The van der Waals surface area contributed by atoms with E-state index in [1.54, 1.807) is 10.9 Å². The first-order valence-electron chi connectivity index (χ1n) is 6.15. The van der Waals surface area contributed by atoms with E-state index in [-0.39, 0.29) is 5.91 Å². The van der Waals surface area contributed by atoms with E-state index in [1.165, 1.54) is 0 Å². The summed E-state index contributed by atoms with van der Waals surface area (Å²) in [4.78, 5) is 11.8. The Morgan fingerprint density at radius 1 is 1.59 bits per heavy atom. The summed E-state index contributed by atoms with van der Waals surface area (Å²) in [6.07, 6.45) is 3.78. The van der Waals surface area contributed by atoms with Crippen LogP contribution in [0.3, 0.4) is 0 Å². The summed E-state index contributed by atoms with van der Waals surface area (Å²) in [5.74, 6) is 0.481. The third-order valence-corrected chi connectivity index (χ3v) is 2.57. The van der Waals surface area contributed by atoms with Crippen LogP contribution in [0.4, 0.5) is 5.69 Å². The van der Waals surface area contributed by atoms with Crippen LogP contribution in [0.1, 0.15) is 44.1 Å². The third-order valence-electron chi connectivity index (χ3n) is 2.57. The number of aromatic nitrogens is 2. The molecule has 0 aromatic carbocycles. The summed E-state index contributed by atoms with van der Waals surface area (Å²) in [6, 6.07) is 0.